The molecule has 0 saturated carbocycles. The fraction of sp³-hybridized carbons (Fsp3) is 0.944. The first-order valence-electron chi connectivity index (χ1n) is 8.81. The standard InChI is InChI=1S/C18H32O7/c1-7-16(2,3)13-21-9-18(10-22-13)11-23-14(24-12-18)17(4,5)8-25-15(19)20-6/h13-14H,7-12H2,1-6H3. The first-order chi connectivity index (χ1) is 11.6. The lowest BCUT2D eigenvalue weighted by atomic mass is 9.85. The van der Waals surface area contributed by atoms with Gasteiger partial charge in [0.05, 0.1) is 44.4 Å². The second-order valence-electron chi connectivity index (χ2n) is 8.48. The molecule has 0 aromatic heterocycles. The molecule has 2 aliphatic rings. The van der Waals surface area contributed by atoms with Crippen molar-refractivity contribution >= 4 is 6.16 Å². The van der Waals surface area contributed by atoms with Crippen molar-refractivity contribution in [2.75, 3.05) is 40.1 Å². The maximum Gasteiger partial charge on any atom is 0.508 e. The maximum absolute atomic E-state index is 11.2. The van der Waals surface area contributed by atoms with Crippen molar-refractivity contribution < 1.29 is 33.2 Å². The summed E-state index contributed by atoms with van der Waals surface area (Å²) in [6, 6.07) is 0. The minimum absolute atomic E-state index is 0.0201. The number of carbonyl (C=O) groups excluding carboxylic acids is 1. The van der Waals surface area contributed by atoms with E-state index in [1.165, 1.54) is 7.11 Å². The molecule has 0 aromatic rings. The van der Waals surface area contributed by atoms with Crippen LogP contribution in [-0.4, -0.2) is 58.9 Å². The molecular formula is C18H32O7. The Morgan fingerprint density at radius 1 is 0.960 bits per heavy atom. The summed E-state index contributed by atoms with van der Waals surface area (Å²) in [5.41, 5.74) is -0.789. The van der Waals surface area contributed by atoms with E-state index < -0.39 is 17.9 Å². The van der Waals surface area contributed by atoms with E-state index in [4.69, 9.17) is 23.7 Å². The molecule has 0 bridgehead atoms. The number of methoxy groups -OCH3 is 1. The van der Waals surface area contributed by atoms with Crippen LogP contribution in [0.1, 0.15) is 41.0 Å². The lowest BCUT2D eigenvalue weighted by Crippen LogP contribution is -2.56. The van der Waals surface area contributed by atoms with Gasteiger partial charge in [-0.25, -0.2) is 4.79 Å². The second-order valence-corrected chi connectivity index (χ2v) is 8.48. The minimum Gasteiger partial charge on any atom is -0.438 e. The van der Waals surface area contributed by atoms with Crippen molar-refractivity contribution in [2.45, 2.75) is 53.6 Å². The summed E-state index contributed by atoms with van der Waals surface area (Å²) in [4.78, 5) is 11.2. The third-order valence-electron chi connectivity index (χ3n) is 5.08. The van der Waals surface area contributed by atoms with Gasteiger partial charge in [-0.1, -0.05) is 34.6 Å². The summed E-state index contributed by atoms with van der Waals surface area (Å²) >= 11 is 0. The van der Waals surface area contributed by atoms with Gasteiger partial charge in [-0.15, -0.1) is 0 Å². The molecule has 0 aliphatic carbocycles. The molecule has 2 fully saturated rings. The van der Waals surface area contributed by atoms with Crippen molar-refractivity contribution in [1.29, 1.82) is 0 Å². The number of rotatable bonds is 5. The molecule has 2 heterocycles. The van der Waals surface area contributed by atoms with Crippen LogP contribution in [-0.2, 0) is 28.4 Å². The molecule has 7 heteroatoms. The third kappa shape index (κ3) is 4.84. The van der Waals surface area contributed by atoms with Crippen LogP contribution in [0.25, 0.3) is 0 Å². The van der Waals surface area contributed by atoms with Crippen molar-refractivity contribution in [3.05, 3.63) is 0 Å². The highest BCUT2D eigenvalue weighted by atomic mass is 16.7. The van der Waals surface area contributed by atoms with Crippen LogP contribution < -0.4 is 0 Å². The van der Waals surface area contributed by atoms with Crippen molar-refractivity contribution in [3.8, 4) is 0 Å². The zero-order valence-corrected chi connectivity index (χ0v) is 16.3. The third-order valence-corrected chi connectivity index (χ3v) is 5.08. The van der Waals surface area contributed by atoms with E-state index in [1.807, 2.05) is 13.8 Å². The highest BCUT2D eigenvalue weighted by molar-refractivity contribution is 5.59. The quantitative estimate of drug-likeness (QED) is 0.698. The summed E-state index contributed by atoms with van der Waals surface area (Å²) in [7, 11) is 1.28. The van der Waals surface area contributed by atoms with Gasteiger partial charge < -0.3 is 28.4 Å². The lowest BCUT2D eigenvalue weighted by molar-refractivity contribution is -0.335. The summed E-state index contributed by atoms with van der Waals surface area (Å²) in [5, 5.41) is 0. The van der Waals surface area contributed by atoms with Gasteiger partial charge in [-0.3, -0.25) is 0 Å². The number of hydrogen-bond acceptors (Lipinski definition) is 7. The molecule has 0 radical (unpaired) electrons. The number of ether oxygens (including phenoxy) is 6. The van der Waals surface area contributed by atoms with Crippen LogP contribution in [0.4, 0.5) is 4.79 Å². The molecule has 2 aliphatic heterocycles. The molecule has 0 atom stereocenters. The summed E-state index contributed by atoms with van der Waals surface area (Å²) in [5.74, 6) is 0. The van der Waals surface area contributed by atoms with Gasteiger partial charge in [0.1, 0.15) is 6.61 Å². The molecule has 25 heavy (non-hydrogen) atoms. The van der Waals surface area contributed by atoms with E-state index in [-0.39, 0.29) is 23.7 Å². The molecule has 2 saturated heterocycles. The average Bonchev–Trinajstić information content (AvgIpc) is 2.60. The predicted molar refractivity (Wildman–Crippen MR) is 90.0 cm³/mol. The zero-order valence-electron chi connectivity index (χ0n) is 16.3. The Kier molecular flexibility index (Phi) is 6.35. The molecule has 1 spiro atoms. The van der Waals surface area contributed by atoms with E-state index in [9.17, 15) is 4.79 Å². The van der Waals surface area contributed by atoms with E-state index in [0.717, 1.165) is 6.42 Å². The number of carbonyl (C=O) groups is 1. The molecule has 0 N–H and O–H groups in total. The highest BCUT2D eigenvalue weighted by Gasteiger charge is 2.47. The first-order valence-corrected chi connectivity index (χ1v) is 8.81. The van der Waals surface area contributed by atoms with E-state index in [1.54, 1.807) is 0 Å². The number of hydrogen-bond donors (Lipinski definition) is 0. The Bertz CT molecular complexity index is 442. The summed E-state index contributed by atoms with van der Waals surface area (Å²) < 4.78 is 33.3. The molecule has 7 nitrogen and oxygen atoms in total. The lowest BCUT2D eigenvalue weighted by Gasteiger charge is -2.48. The predicted octanol–water partition coefficient (Wildman–Crippen LogP) is 2.96. The Balaban J connectivity index is 1.84. The van der Waals surface area contributed by atoms with Gasteiger partial charge in [0.25, 0.3) is 0 Å². The Morgan fingerprint density at radius 3 is 1.80 bits per heavy atom. The van der Waals surface area contributed by atoms with Crippen LogP contribution >= 0.6 is 0 Å². The SMILES string of the molecule is CCC(C)(C)C1OCC2(CO1)COC(C(C)(C)COC(=O)OC)OC2. The van der Waals surface area contributed by atoms with Crippen LogP contribution in [0.15, 0.2) is 0 Å². The molecule has 2 rings (SSSR count). The van der Waals surface area contributed by atoms with Crippen LogP contribution in [0, 0.1) is 16.2 Å². The maximum atomic E-state index is 11.2. The van der Waals surface area contributed by atoms with E-state index in [0.29, 0.717) is 26.4 Å². The molecular weight excluding hydrogens is 328 g/mol. The molecule has 0 aromatic carbocycles. The summed E-state index contributed by atoms with van der Waals surface area (Å²) in [6.45, 7) is 12.5. The average molecular weight is 360 g/mol. The Hall–Kier alpha value is -0.890. The van der Waals surface area contributed by atoms with Crippen LogP contribution in [0.5, 0.6) is 0 Å². The fourth-order valence-electron chi connectivity index (χ4n) is 2.80. The normalized spacial score (nSPS) is 31.0. The summed E-state index contributed by atoms with van der Waals surface area (Å²) in [6.07, 6.45) is -0.397. The van der Waals surface area contributed by atoms with Gasteiger partial charge in [-0.05, 0) is 6.42 Å². The monoisotopic (exact) mass is 360 g/mol. The zero-order chi connectivity index (χ0) is 18.7. The van der Waals surface area contributed by atoms with Gasteiger partial charge in [0.15, 0.2) is 12.6 Å². The van der Waals surface area contributed by atoms with Crippen molar-refractivity contribution in [3.63, 3.8) is 0 Å². The van der Waals surface area contributed by atoms with Gasteiger partial charge >= 0.3 is 6.16 Å². The second kappa shape index (κ2) is 7.78. The smallest absolute Gasteiger partial charge is 0.438 e. The van der Waals surface area contributed by atoms with Gasteiger partial charge in [-0.2, -0.15) is 0 Å². The first kappa shape index (κ1) is 20.4. The highest BCUT2D eigenvalue weighted by Crippen LogP contribution is 2.39. The van der Waals surface area contributed by atoms with E-state index >= 15 is 0 Å². The molecule has 0 amide bonds. The van der Waals surface area contributed by atoms with Crippen molar-refractivity contribution in [2.24, 2.45) is 16.2 Å². The Morgan fingerprint density at radius 2 is 1.40 bits per heavy atom. The van der Waals surface area contributed by atoms with Crippen LogP contribution in [0.2, 0.25) is 0 Å². The van der Waals surface area contributed by atoms with Gasteiger partial charge in [0.2, 0.25) is 0 Å². The van der Waals surface area contributed by atoms with Gasteiger partial charge in [0, 0.05) is 5.41 Å². The minimum atomic E-state index is -0.709. The molecule has 0 unspecified atom stereocenters. The largest absolute Gasteiger partial charge is 0.508 e. The molecule has 146 valence electrons. The topological polar surface area (TPSA) is 72.5 Å². The van der Waals surface area contributed by atoms with Crippen molar-refractivity contribution in [1.82, 2.24) is 0 Å². The van der Waals surface area contributed by atoms with Crippen LogP contribution in [0.3, 0.4) is 0 Å². The van der Waals surface area contributed by atoms with E-state index in [2.05, 4.69) is 25.5 Å². The Labute approximate surface area is 150 Å². The fourth-order valence-corrected chi connectivity index (χ4v) is 2.80.